The summed E-state index contributed by atoms with van der Waals surface area (Å²) in [5, 5.41) is 3.52. The van der Waals surface area contributed by atoms with E-state index in [-0.39, 0.29) is 0 Å². The van der Waals surface area contributed by atoms with E-state index in [2.05, 4.69) is 25.4 Å². The molecule has 0 aromatic heterocycles. The molecule has 0 aliphatic carbocycles. The van der Waals surface area contributed by atoms with E-state index in [0.717, 1.165) is 12.6 Å². The fourth-order valence-corrected chi connectivity index (χ4v) is 2.06. The van der Waals surface area contributed by atoms with Crippen LogP contribution < -0.4 is 5.32 Å². The largest absolute Gasteiger partial charge is 0.313 e. The third kappa shape index (κ3) is 6.99. The van der Waals surface area contributed by atoms with Crippen LogP contribution in [0.2, 0.25) is 0 Å². The molecule has 0 bridgehead atoms. The van der Waals surface area contributed by atoms with Crippen molar-refractivity contribution in [3.05, 3.63) is 0 Å². The summed E-state index contributed by atoms with van der Waals surface area (Å²) < 4.78 is 0. The smallest absolute Gasteiger partial charge is 0.0157 e. The molecule has 2 heteroatoms. The summed E-state index contributed by atoms with van der Waals surface area (Å²) in [6, 6.07) is 0.747. The van der Waals surface area contributed by atoms with Crippen LogP contribution in [0.1, 0.15) is 39.5 Å². The van der Waals surface area contributed by atoms with Gasteiger partial charge in [0.05, 0.1) is 0 Å². The number of thioether (sulfide) groups is 1. The summed E-state index contributed by atoms with van der Waals surface area (Å²) in [7, 11) is 0. The zero-order valence-electron chi connectivity index (χ0n) is 8.73. The van der Waals surface area contributed by atoms with Crippen LogP contribution in [0.5, 0.6) is 0 Å². The number of rotatable bonds is 8. The van der Waals surface area contributed by atoms with Crippen molar-refractivity contribution < 1.29 is 0 Å². The van der Waals surface area contributed by atoms with Crippen LogP contribution in [-0.2, 0) is 0 Å². The van der Waals surface area contributed by atoms with Gasteiger partial charge < -0.3 is 5.32 Å². The second kappa shape index (κ2) is 9.40. The third-order valence-electron chi connectivity index (χ3n) is 2.02. The summed E-state index contributed by atoms with van der Waals surface area (Å²) >= 11 is 1.95. The van der Waals surface area contributed by atoms with E-state index in [0.29, 0.717) is 0 Å². The lowest BCUT2D eigenvalue weighted by Crippen LogP contribution is -2.30. The van der Waals surface area contributed by atoms with Gasteiger partial charge >= 0.3 is 0 Å². The average molecular weight is 189 g/mol. The lowest BCUT2D eigenvalue weighted by molar-refractivity contribution is 0.506. The van der Waals surface area contributed by atoms with E-state index >= 15 is 0 Å². The number of unbranched alkanes of at least 4 members (excludes halogenated alkanes) is 2. The van der Waals surface area contributed by atoms with Crippen molar-refractivity contribution in [2.24, 2.45) is 0 Å². The van der Waals surface area contributed by atoms with Crippen molar-refractivity contribution in [1.29, 1.82) is 0 Å². The first-order chi connectivity index (χ1) is 5.85. The first-order valence-electron chi connectivity index (χ1n) is 5.07. The van der Waals surface area contributed by atoms with Gasteiger partial charge in [-0.05, 0) is 19.2 Å². The summed E-state index contributed by atoms with van der Waals surface area (Å²) in [6.45, 7) is 5.56. The highest BCUT2D eigenvalue weighted by Gasteiger charge is 2.04. The molecule has 0 aliphatic rings. The van der Waals surface area contributed by atoms with Gasteiger partial charge in [0.2, 0.25) is 0 Å². The zero-order valence-corrected chi connectivity index (χ0v) is 9.54. The maximum atomic E-state index is 3.52. The molecule has 0 aromatic rings. The van der Waals surface area contributed by atoms with E-state index in [4.69, 9.17) is 0 Å². The van der Waals surface area contributed by atoms with Crippen LogP contribution in [0.15, 0.2) is 0 Å². The van der Waals surface area contributed by atoms with Crippen LogP contribution in [0.3, 0.4) is 0 Å². The molecule has 1 nitrogen and oxygen atoms in total. The molecule has 1 N–H and O–H groups in total. The van der Waals surface area contributed by atoms with Gasteiger partial charge in [-0.15, -0.1) is 0 Å². The molecule has 0 aromatic carbocycles. The zero-order chi connectivity index (χ0) is 9.23. The Kier molecular flexibility index (Phi) is 9.64. The minimum absolute atomic E-state index is 0.747. The molecular weight excluding hydrogens is 166 g/mol. The highest BCUT2D eigenvalue weighted by atomic mass is 32.2. The molecule has 0 fully saturated rings. The van der Waals surface area contributed by atoms with Gasteiger partial charge in [-0.3, -0.25) is 0 Å². The molecule has 0 spiro atoms. The first-order valence-corrected chi connectivity index (χ1v) is 6.46. The Hall–Kier alpha value is 0.310. The Morgan fingerprint density at radius 3 is 2.50 bits per heavy atom. The summed E-state index contributed by atoms with van der Waals surface area (Å²) in [4.78, 5) is 0. The molecule has 0 rings (SSSR count). The highest BCUT2D eigenvalue weighted by molar-refractivity contribution is 7.98. The highest BCUT2D eigenvalue weighted by Crippen LogP contribution is 2.07. The third-order valence-corrected chi connectivity index (χ3v) is 2.75. The molecule has 74 valence electrons. The van der Waals surface area contributed by atoms with Crippen LogP contribution in [0.4, 0.5) is 0 Å². The van der Waals surface area contributed by atoms with Gasteiger partial charge in [-0.1, -0.05) is 33.1 Å². The number of nitrogens with one attached hydrogen (secondary N) is 1. The maximum absolute atomic E-state index is 3.52. The maximum Gasteiger partial charge on any atom is 0.0157 e. The minimum atomic E-state index is 0.747. The monoisotopic (exact) mass is 189 g/mol. The van der Waals surface area contributed by atoms with Crippen molar-refractivity contribution in [2.75, 3.05) is 18.6 Å². The van der Waals surface area contributed by atoms with Gasteiger partial charge in [-0.25, -0.2) is 0 Å². The molecular formula is C10H23NS. The van der Waals surface area contributed by atoms with Crippen LogP contribution in [-0.4, -0.2) is 24.6 Å². The lowest BCUT2D eigenvalue weighted by atomic mass is 10.1. The van der Waals surface area contributed by atoms with Crippen molar-refractivity contribution in [3.63, 3.8) is 0 Å². The Balaban J connectivity index is 3.34. The van der Waals surface area contributed by atoms with Crippen LogP contribution in [0, 0.1) is 0 Å². The number of hydrogen-bond acceptors (Lipinski definition) is 2. The van der Waals surface area contributed by atoms with Gasteiger partial charge in [0.25, 0.3) is 0 Å². The topological polar surface area (TPSA) is 12.0 Å². The van der Waals surface area contributed by atoms with Crippen molar-refractivity contribution in [2.45, 2.75) is 45.6 Å². The van der Waals surface area contributed by atoms with Crippen molar-refractivity contribution >= 4 is 11.8 Å². The van der Waals surface area contributed by atoms with Gasteiger partial charge in [0, 0.05) is 11.8 Å². The molecule has 0 radical (unpaired) electrons. The second-order valence-corrected chi connectivity index (χ2v) is 4.12. The first kappa shape index (κ1) is 12.3. The summed E-state index contributed by atoms with van der Waals surface area (Å²) in [5.74, 6) is 1.26. The summed E-state index contributed by atoms with van der Waals surface area (Å²) in [6.07, 6.45) is 7.63. The summed E-state index contributed by atoms with van der Waals surface area (Å²) in [5.41, 5.74) is 0. The second-order valence-electron chi connectivity index (χ2n) is 3.21. The predicted octanol–water partition coefficient (Wildman–Crippen LogP) is 2.91. The Morgan fingerprint density at radius 1 is 1.25 bits per heavy atom. The van der Waals surface area contributed by atoms with E-state index < -0.39 is 0 Å². The van der Waals surface area contributed by atoms with Gasteiger partial charge in [0.15, 0.2) is 0 Å². The molecule has 0 saturated heterocycles. The molecule has 1 atom stereocenters. The van der Waals surface area contributed by atoms with Gasteiger partial charge in [-0.2, -0.15) is 11.8 Å². The molecule has 0 amide bonds. The lowest BCUT2D eigenvalue weighted by Gasteiger charge is -2.15. The molecule has 12 heavy (non-hydrogen) atoms. The molecule has 1 unspecified atom stereocenters. The van der Waals surface area contributed by atoms with Crippen molar-refractivity contribution in [1.82, 2.24) is 5.32 Å². The van der Waals surface area contributed by atoms with Crippen LogP contribution in [0.25, 0.3) is 0 Å². The Bertz CT molecular complexity index is 79.9. The van der Waals surface area contributed by atoms with E-state index in [1.165, 1.54) is 31.4 Å². The van der Waals surface area contributed by atoms with E-state index in [9.17, 15) is 0 Å². The van der Waals surface area contributed by atoms with Gasteiger partial charge in [0.1, 0.15) is 0 Å². The fourth-order valence-electron chi connectivity index (χ4n) is 1.37. The Labute approximate surface area is 81.7 Å². The molecule has 0 heterocycles. The Morgan fingerprint density at radius 2 is 2.00 bits per heavy atom. The SMILES string of the molecule is CCCCCC(CSC)NCC. The normalized spacial score (nSPS) is 13.2. The standard InChI is InChI=1S/C10H23NS/c1-4-6-7-8-10(9-12-3)11-5-2/h10-11H,4-9H2,1-3H3. The van der Waals surface area contributed by atoms with E-state index in [1.807, 2.05) is 11.8 Å². The quantitative estimate of drug-likeness (QED) is 0.589. The van der Waals surface area contributed by atoms with Crippen molar-refractivity contribution in [3.8, 4) is 0 Å². The number of hydrogen-bond donors (Lipinski definition) is 1. The molecule has 0 aliphatic heterocycles. The van der Waals surface area contributed by atoms with Crippen LogP contribution >= 0.6 is 11.8 Å². The minimum Gasteiger partial charge on any atom is -0.313 e. The van der Waals surface area contributed by atoms with E-state index in [1.54, 1.807) is 0 Å². The molecule has 0 saturated carbocycles. The fraction of sp³-hybridized carbons (Fsp3) is 1.00. The predicted molar refractivity (Wildman–Crippen MR) is 60.0 cm³/mol. The average Bonchev–Trinajstić information content (AvgIpc) is 2.06.